The van der Waals surface area contributed by atoms with Crippen LogP contribution >= 0.6 is 11.6 Å². The summed E-state index contributed by atoms with van der Waals surface area (Å²) in [5.74, 6) is 0. The number of rotatable bonds is 5. The maximum atomic E-state index is 6.34. The van der Waals surface area contributed by atoms with Crippen LogP contribution in [-0.4, -0.2) is 11.0 Å². The minimum Gasteiger partial charge on any atom is -0.310 e. The molecule has 0 aliphatic heterocycles. The highest BCUT2D eigenvalue weighted by molar-refractivity contribution is 6.31. The third kappa shape index (κ3) is 3.55. The van der Waals surface area contributed by atoms with Crippen molar-refractivity contribution in [1.29, 1.82) is 0 Å². The Morgan fingerprint density at radius 2 is 2.11 bits per heavy atom. The molecule has 1 fully saturated rings. The second-order valence-corrected chi connectivity index (χ2v) is 5.49. The highest BCUT2D eigenvalue weighted by atomic mass is 35.5. The average Bonchev–Trinajstić information content (AvgIpc) is 3.23. The van der Waals surface area contributed by atoms with Gasteiger partial charge in [-0.25, -0.2) is 0 Å². The third-order valence-electron chi connectivity index (χ3n) is 3.39. The number of hydrogen-bond acceptors (Lipinski definition) is 2. The molecular weight excluding hydrogens is 256 g/mol. The summed E-state index contributed by atoms with van der Waals surface area (Å²) in [6.07, 6.45) is 5.26. The van der Waals surface area contributed by atoms with Crippen molar-refractivity contribution in [2.45, 2.75) is 31.8 Å². The molecule has 1 aliphatic carbocycles. The molecule has 0 saturated heterocycles. The zero-order valence-electron chi connectivity index (χ0n) is 10.8. The second kappa shape index (κ2) is 5.72. The van der Waals surface area contributed by atoms with Gasteiger partial charge in [-0.05, 0) is 42.2 Å². The van der Waals surface area contributed by atoms with Gasteiger partial charge in [-0.1, -0.05) is 29.8 Å². The molecule has 0 unspecified atom stereocenters. The summed E-state index contributed by atoms with van der Waals surface area (Å²) in [6.45, 7) is 0.868. The first kappa shape index (κ1) is 12.6. The van der Waals surface area contributed by atoms with Crippen molar-refractivity contribution in [1.82, 2.24) is 10.3 Å². The van der Waals surface area contributed by atoms with Gasteiger partial charge < -0.3 is 5.32 Å². The molecule has 3 rings (SSSR count). The monoisotopic (exact) mass is 272 g/mol. The maximum absolute atomic E-state index is 6.34. The van der Waals surface area contributed by atoms with Gasteiger partial charge in [0.25, 0.3) is 0 Å². The van der Waals surface area contributed by atoms with Crippen molar-refractivity contribution < 1.29 is 0 Å². The number of hydrogen-bond donors (Lipinski definition) is 1. The molecule has 2 nitrogen and oxygen atoms in total. The van der Waals surface area contributed by atoms with E-state index in [0.717, 1.165) is 23.7 Å². The molecule has 98 valence electrons. The van der Waals surface area contributed by atoms with E-state index in [4.69, 9.17) is 11.6 Å². The zero-order chi connectivity index (χ0) is 13.1. The molecule has 1 aromatic carbocycles. The summed E-state index contributed by atoms with van der Waals surface area (Å²) in [4.78, 5) is 4.34. The Labute approximate surface area is 118 Å². The summed E-state index contributed by atoms with van der Waals surface area (Å²) in [6, 6.07) is 13.0. The number of pyridine rings is 1. The first-order valence-electron chi connectivity index (χ1n) is 6.72. The summed E-state index contributed by atoms with van der Waals surface area (Å²) < 4.78 is 0. The predicted octanol–water partition coefficient (Wildman–Crippen LogP) is 3.58. The van der Waals surface area contributed by atoms with Crippen LogP contribution in [0.15, 0.2) is 42.6 Å². The van der Waals surface area contributed by atoms with Gasteiger partial charge in [0.05, 0.1) is 0 Å². The number of benzene rings is 1. The molecule has 19 heavy (non-hydrogen) atoms. The van der Waals surface area contributed by atoms with E-state index in [9.17, 15) is 0 Å². The topological polar surface area (TPSA) is 24.9 Å². The van der Waals surface area contributed by atoms with Gasteiger partial charge in [0.15, 0.2) is 0 Å². The van der Waals surface area contributed by atoms with Gasteiger partial charge in [0.1, 0.15) is 0 Å². The van der Waals surface area contributed by atoms with Crippen LogP contribution in [0.4, 0.5) is 0 Å². The normalized spacial score (nSPS) is 14.6. The van der Waals surface area contributed by atoms with E-state index in [-0.39, 0.29) is 0 Å². The van der Waals surface area contributed by atoms with Crippen LogP contribution in [0.5, 0.6) is 0 Å². The van der Waals surface area contributed by atoms with Crippen LogP contribution < -0.4 is 5.32 Å². The molecule has 1 saturated carbocycles. The Morgan fingerprint density at radius 3 is 2.79 bits per heavy atom. The Morgan fingerprint density at radius 1 is 1.21 bits per heavy atom. The van der Waals surface area contributed by atoms with Crippen molar-refractivity contribution >= 4 is 11.6 Å². The van der Waals surface area contributed by atoms with Gasteiger partial charge in [0.2, 0.25) is 0 Å². The molecule has 0 spiro atoms. The van der Waals surface area contributed by atoms with E-state index in [1.807, 2.05) is 24.4 Å². The Bertz CT molecular complexity index is 550. The zero-order valence-corrected chi connectivity index (χ0v) is 11.5. The highest BCUT2D eigenvalue weighted by Gasteiger charge is 2.20. The lowest BCUT2D eigenvalue weighted by Gasteiger charge is -2.08. The quantitative estimate of drug-likeness (QED) is 0.900. The smallest absolute Gasteiger partial charge is 0.0453 e. The lowest BCUT2D eigenvalue weighted by molar-refractivity contribution is 0.688. The molecule has 1 aromatic heterocycles. The second-order valence-electron chi connectivity index (χ2n) is 5.08. The molecular formula is C16H17ClN2. The average molecular weight is 273 g/mol. The fourth-order valence-electron chi connectivity index (χ4n) is 2.10. The van der Waals surface area contributed by atoms with Crippen molar-refractivity contribution in [3.63, 3.8) is 0 Å². The lowest BCUT2D eigenvalue weighted by Crippen LogP contribution is -2.15. The van der Waals surface area contributed by atoms with Gasteiger partial charge in [-0.3, -0.25) is 4.98 Å². The predicted molar refractivity (Wildman–Crippen MR) is 78.4 cm³/mol. The number of halogens is 1. The van der Waals surface area contributed by atoms with Crippen LogP contribution in [0.1, 0.15) is 29.7 Å². The van der Waals surface area contributed by atoms with Crippen LogP contribution in [0.3, 0.4) is 0 Å². The molecule has 1 heterocycles. The number of nitrogens with zero attached hydrogens (tertiary/aromatic N) is 1. The SMILES string of the molecule is Clc1cc(Cc2ccccn2)ccc1CNC1CC1. The van der Waals surface area contributed by atoms with E-state index in [0.29, 0.717) is 6.04 Å². The van der Waals surface area contributed by atoms with Crippen molar-refractivity contribution in [3.8, 4) is 0 Å². The molecule has 1 N–H and O–H groups in total. The Hall–Kier alpha value is -1.38. The number of aromatic nitrogens is 1. The van der Waals surface area contributed by atoms with E-state index >= 15 is 0 Å². The number of nitrogens with one attached hydrogen (secondary N) is 1. The summed E-state index contributed by atoms with van der Waals surface area (Å²) in [5.41, 5.74) is 3.46. The Kier molecular flexibility index (Phi) is 3.81. The van der Waals surface area contributed by atoms with Crippen molar-refractivity contribution in [3.05, 3.63) is 64.4 Å². The summed E-state index contributed by atoms with van der Waals surface area (Å²) in [7, 11) is 0. The minimum atomic E-state index is 0.712. The molecule has 0 atom stereocenters. The first-order chi connectivity index (χ1) is 9.31. The molecule has 2 aromatic rings. The minimum absolute atomic E-state index is 0.712. The van der Waals surface area contributed by atoms with Crippen LogP contribution in [0.2, 0.25) is 5.02 Å². The largest absolute Gasteiger partial charge is 0.310 e. The fraction of sp³-hybridized carbons (Fsp3) is 0.312. The molecule has 0 radical (unpaired) electrons. The first-order valence-corrected chi connectivity index (χ1v) is 7.09. The maximum Gasteiger partial charge on any atom is 0.0453 e. The van der Waals surface area contributed by atoms with E-state index in [1.54, 1.807) is 0 Å². The van der Waals surface area contributed by atoms with Crippen molar-refractivity contribution in [2.24, 2.45) is 0 Å². The molecule has 3 heteroatoms. The summed E-state index contributed by atoms with van der Waals surface area (Å²) in [5, 5.41) is 4.33. The van der Waals surface area contributed by atoms with Crippen molar-refractivity contribution in [2.75, 3.05) is 0 Å². The molecule has 0 amide bonds. The van der Waals surface area contributed by atoms with E-state index in [2.05, 4.69) is 28.5 Å². The van der Waals surface area contributed by atoms with Gasteiger partial charge in [0, 0.05) is 35.9 Å². The Balaban J connectivity index is 1.67. The molecule has 1 aliphatic rings. The summed E-state index contributed by atoms with van der Waals surface area (Å²) >= 11 is 6.34. The van der Waals surface area contributed by atoms with Gasteiger partial charge in [-0.15, -0.1) is 0 Å². The third-order valence-corrected chi connectivity index (χ3v) is 3.74. The van der Waals surface area contributed by atoms with E-state index < -0.39 is 0 Å². The van der Waals surface area contributed by atoms with Crippen LogP contribution in [0, 0.1) is 0 Å². The van der Waals surface area contributed by atoms with Crippen LogP contribution in [-0.2, 0) is 13.0 Å². The van der Waals surface area contributed by atoms with Gasteiger partial charge in [-0.2, -0.15) is 0 Å². The standard InChI is InChI=1S/C16H17ClN2/c17-16-10-12(9-15-3-1-2-8-18-15)4-5-13(16)11-19-14-6-7-14/h1-5,8,10,14,19H,6-7,9,11H2. The van der Waals surface area contributed by atoms with Crippen LogP contribution in [0.25, 0.3) is 0 Å². The highest BCUT2D eigenvalue weighted by Crippen LogP contribution is 2.23. The fourth-order valence-corrected chi connectivity index (χ4v) is 2.37. The van der Waals surface area contributed by atoms with E-state index in [1.165, 1.54) is 24.0 Å². The molecule has 0 bridgehead atoms. The van der Waals surface area contributed by atoms with Gasteiger partial charge >= 0.3 is 0 Å². The lowest BCUT2D eigenvalue weighted by atomic mass is 10.1.